The fourth-order valence-electron chi connectivity index (χ4n) is 4.96. The van der Waals surface area contributed by atoms with Gasteiger partial charge in [-0.05, 0) is 49.3 Å². The summed E-state index contributed by atoms with van der Waals surface area (Å²) in [6.07, 6.45) is 3.71. The van der Waals surface area contributed by atoms with Gasteiger partial charge in [0.15, 0.2) is 11.3 Å². The Bertz CT molecular complexity index is 1390. The van der Waals surface area contributed by atoms with Crippen LogP contribution in [0.1, 0.15) is 30.1 Å². The minimum atomic E-state index is -3.87. The predicted molar refractivity (Wildman–Crippen MR) is 106 cm³/mol. The summed E-state index contributed by atoms with van der Waals surface area (Å²) in [6, 6.07) is 8.97. The predicted octanol–water partition coefficient (Wildman–Crippen LogP) is 2.20. The van der Waals surface area contributed by atoms with Gasteiger partial charge in [0.25, 0.3) is 0 Å². The van der Waals surface area contributed by atoms with Crippen molar-refractivity contribution in [2.75, 3.05) is 0 Å². The number of sulfone groups is 1. The third kappa shape index (κ3) is 2.28. The van der Waals surface area contributed by atoms with E-state index in [0.717, 1.165) is 24.2 Å². The average molecular weight is 408 g/mol. The van der Waals surface area contributed by atoms with Crippen molar-refractivity contribution >= 4 is 26.6 Å². The van der Waals surface area contributed by atoms with Crippen LogP contribution in [-0.4, -0.2) is 39.0 Å². The molecular formula is C20H20N6O2S. The summed E-state index contributed by atoms with van der Waals surface area (Å²) in [5.74, 6) is 2.04. The average Bonchev–Trinajstić information content (AvgIpc) is 3.01. The van der Waals surface area contributed by atoms with Crippen LogP contribution in [0, 0.1) is 18.8 Å². The molecule has 4 aromatic rings. The Labute approximate surface area is 167 Å². The first-order valence-electron chi connectivity index (χ1n) is 9.75. The standard InChI is InChI=1S/C20H20N6O2S/c1-10-4-2-3-5-16(10)29(27,28)20-19-25-24-18(13-9-14(21)12-8-11(12)13)26(19)15-6-7-22-17(15)23-20/h2-7,11-14,22H,8-9,21H2,1H3/t11-,12+,13-,14+/m0/s1. The molecular weight excluding hydrogens is 388 g/mol. The summed E-state index contributed by atoms with van der Waals surface area (Å²) in [4.78, 5) is 7.73. The third-order valence-corrected chi connectivity index (χ3v) is 8.31. The van der Waals surface area contributed by atoms with Gasteiger partial charge in [0, 0.05) is 18.2 Å². The molecule has 9 heteroatoms. The van der Waals surface area contributed by atoms with Crippen molar-refractivity contribution in [3.05, 3.63) is 47.9 Å². The van der Waals surface area contributed by atoms with E-state index in [2.05, 4.69) is 20.2 Å². The summed E-state index contributed by atoms with van der Waals surface area (Å²) in [5, 5.41) is 8.68. The van der Waals surface area contributed by atoms with Crippen molar-refractivity contribution in [3.8, 4) is 0 Å². The third-order valence-electron chi connectivity index (χ3n) is 6.49. The summed E-state index contributed by atoms with van der Waals surface area (Å²) >= 11 is 0. The van der Waals surface area contributed by atoms with Gasteiger partial charge in [-0.25, -0.2) is 13.4 Å². The summed E-state index contributed by atoms with van der Waals surface area (Å²) < 4.78 is 28.9. The summed E-state index contributed by atoms with van der Waals surface area (Å²) in [7, 11) is -3.87. The molecule has 2 aliphatic carbocycles. The molecule has 4 atom stereocenters. The maximum Gasteiger partial charge on any atom is 0.228 e. The number of nitrogens with one attached hydrogen (secondary N) is 1. The lowest BCUT2D eigenvalue weighted by Crippen LogP contribution is -2.20. The molecule has 2 aliphatic rings. The van der Waals surface area contributed by atoms with Gasteiger partial charge in [-0.3, -0.25) is 4.40 Å². The second-order valence-electron chi connectivity index (χ2n) is 8.18. The van der Waals surface area contributed by atoms with Gasteiger partial charge >= 0.3 is 0 Å². The van der Waals surface area contributed by atoms with Crippen LogP contribution in [0.15, 0.2) is 46.5 Å². The molecule has 3 N–H and O–H groups in total. The number of nitrogens with zero attached hydrogens (tertiary/aromatic N) is 4. The highest BCUT2D eigenvalue weighted by molar-refractivity contribution is 7.91. The van der Waals surface area contributed by atoms with E-state index in [0.29, 0.717) is 23.0 Å². The molecule has 1 aromatic carbocycles. The first kappa shape index (κ1) is 17.1. The minimum absolute atomic E-state index is 0.0739. The van der Waals surface area contributed by atoms with E-state index in [1.807, 2.05) is 16.5 Å². The number of nitrogens with two attached hydrogens (primary N) is 1. The number of aryl methyl sites for hydroxylation is 1. The number of hydrogen-bond acceptors (Lipinski definition) is 6. The second kappa shape index (κ2) is 5.64. The van der Waals surface area contributed by atoms with Crippen LogP contribution in [-0.2, 0) is 9.84 Å². The molecule has 2 saturated carbocycles. The van der Waals surface area contributed by atoms with Crippen molar-refractivity contribution in [3.63, 3.8) is 0 Å². The lowest BCUT2D eigenvalue weighted by atomic mass is 10.0. The van der Waals surface area contributed by atoms with Crippen LogP contribution in [0.3, 0.4) is 0 Å². The quantitative estimate of drug-likeness (QED) is 0.536. The molecule has 0 unspecified atom stereocenters. The number of fused-ring (bicyclic) bond motifs is 4. The van der Waals surface area contributed by atoms with E-state index in [-0.39, 0.29) is 27.5 Å². The molecule has 0 aliphatic heterocycles. The Hall–Kier alpha value is -2.78. The Balaban J connectivity index is 1.63. The Morgan fingerprint density at radius 2 is 1.97 bits per heavy atom. The molecule has 29 heavy (non-hydrogen) atoms. The highest BCUT2D eigenvalue weighted by Gasteiger charge is 2.54. The van der Waals surface area contributed by atoms with Gasteiger partial charge < -0.3 is 10.7 Å². The van der Waals surface area contributed by atoms with E-state index in [1.54, 1.807) is 31.3 Å². The van der Waals surface area contributed by atoms with Crippen LogP contribution < -0.4 is 5.73 Å². The number of benzene rings is 1. The van der Waals surface area contributed by atoms with Gasteiger partial charge in [-0.15, -0.1) is 10.2 Å². The van der Waals surface area contributed by atoms with Crippen LogP contribution in [0.25, 0.3) is 16.8 Å². The fraction of sp³-hybridized carbons (Fsp3) is 0.350. The maximum absolute atomic E-state index is 13.5. The lowest BCUT2D eigenvalue weighted by Gasteiger charge is -2.13. The monoisotopic (exact) mass is 408 g/mol. The normalized spacial score (nSPS) is 26.3. The van der Waals surface area contributed by atoms with Crippen molar-refractivity contribution in [1.29, 1.82) is 0 Å². The largest absolute Gasteiger partial charge is 0.345 e. The van der Waals surface area contributed by atoms with E-state index >= 15 is 0 Å². The van der Waals surface area contributed by atoms with Gasteiger partial charge in [-0.2, -0.15) is 0 Å². The van der Waals surface area contributed by atoms with Crippen LogP contribution in [0.5, 0.6) is 0 Å². The maximum atomic E-state index is 13.5. The summed E-state index contributed by atoms with van der Waals surface area (Å²) in [5.41, 5.74) is 8.49. The molecule has 3 heterocycles. The molecule has 0 saturated heterocycles. The Morgan fingerprint density at radius 3 is 2.69 bits per heavy atom. The Morgan fingerprint density at radius 1 is 1.14 bits per heavy atom. The molecule has 0 spiro atoms. The molecule has 0 radical (unpaired) electrons. The van der Waals surface area contributed by atoms with E-state index in [9.17, 15) is 8.42 Å². The van der Waals surface area contributed by atoms with Gasteiger partial charge in [0.2, 0.25) is 14.9 Å². The van der Waals surface area contributed by atoms with Crippen molar-refractivity contribution in [1.82, 2.24) is 24.6 Å². The topological polar surface area (TPSA) is 119 Å². The molecule has 2 fully saturated rings. The zero-order valence-corrected chi connectivity index (χ0v) is 16.6. The number of aromatic nitrogens is 5. The number of hydrogen-bond donors (Lipinski definition) is 2. The van der Waals surface area contributed by atoms with Crippen molar-refractivity contribution in [2.24, 2.45) is 17.6 Å². The molecule has 0 bridgehead atoms. The molecule has 6 rings (SSSR count). The molecule has 0 amide bonds. The number of aromatic amines is 1. The van der Waals surface area contributed by atoms with E-state index in [4.69, 9.17) is 5.73 Å². The first-order valence-corrected chi connectivity index (χ1v) is 11.2. The first-order chi connectivity index (χ1) is 14.0. The minimum Gasteiger partial charge on any atom is -0.345 e. The molecule has 3 aromatic heterocycles. The smallest absolute Gasteiger partial charge is 0.228 e. The lowest BCUT2D eigenvalue weighted by molar-refractivity contribution is 0.548. The van der Waals surface area contributed by atoms with E-state index in [1.165, 1.54) is 0 Å². The summed E-state index contributed by atoms with van der Waals surface area (Å²) in [6.45, 7) is 1.78. The fourth-order valence-corrected chi connectivity index (χ4v) is 6.50. The highest BCUT2D eigenvalue weighted by atomic mass is 32.2. The second-order valence-corrected chi connectivity index (χ2v) is 10.0. The zero-order chi connectivity index (χ0) is 19.9. The van der Waals surface area contributed by atoms with Crippen LogP contribution >= 0.6 is 0 Å². The Kier molecular flexibility index (Phi) is 3.33. The molecule has 8 nitrogen and oxygen atoms in total. The number of rotatable bonds is 3. The number of H-pyrrole nitrogens is 1. The van der Waals surface area contributed by atoms with Gasteiger partial charge in [-0.1, -0.05) is 18.2 Å². The highest BCUT2D eigenvalue weighted by Crippen LogP contribution is 2.58. The van der Waals surface area contributed by atoms with Crippen molar-refractivity contribution in [2.45, 2.75) is 41.6 Å². The van der Waals surface area contributed by atoms with Crippen LogP contribution in [0.2, 0.25) is 0 Å². The zero-order valence-electron chi connectivity index (χ0n) is 15.8. The van der Waals surface area contributed by atoms with Gasteiger partial charge in [0.05, 0.1) is 10.4 Å². The van der Waals surface area contributed by atoms with Crippen LogP contribution in [0.4, 0.5) is 0 Å². The SMILES string of the molecule is Cc1ccccc1S(=O)(=O)c1nc2[nH]ccc2n2c([C@H]3C[C@@H](N)[C@@H]4C[C@@H]43)nnc12. The van der Waals surface area contributed by atoms with Crippen molar-refractivity contribution < 1.29 is 8.42 Å². The van der Waals surface area contributed by atoms with E-state index < -0.39 is 9.84 Å². The van der Waals surface area contributed by atoms with Gasteiger partial charge in [0.1, 0.15) is 5.82 Å². The molecule has 148 valence electrons.